The van der Waals surface area contributed by atoms with Gasteiger partial charge in [-0.1, -0.05) is 19.1 Å². The molecule has 2 aromatic carbocycles. The number of aryl methyl sites for hydroxylation is 2. The van der Waals surface area contributed by atoms with Crippen LogP contribution in [0, 0.1) is 19.8 Å². The summed E-state index contributed by atoms with van der Waals surface area (Å²) in [5.41, 5.74) is 2.93. The van der Waals surface area contributed by atoms with Crippen molar-refractivity contribution in [3.05, 3.63) is 59.2 Å². The standard InChI is InChI=1S/C21H26N2O3S/c1-15-6-7-17(3)20(13-15)22-27(25,26)19-10-8-18(9-11-19)21(24)23-12-4-5-16(2)14-23/h6-11,13,16,22H,4-5,12,14H2,1-3H3. The van der Waals surface area contributed by atoms with Gasteiger partial charge in [0.1, 0.15) is 0 Å². The van der Waals surface area contributed by atoms with Crippen molar-refractivity contribution < 1.29 is 13.2 Å². The van der Waals surface area contributed by atoms with Gasteiger partial charge in [-0.3, -0.25) is 9.52 Å². The molecule has 0 saturated carbocycles. The largest absolute Gasteiger partial charge is 0.338 e. The number of carbonyl (C=O) groups excluding carboxylic acids is 1. The summed E-state index contributed by atoms with van der Waals surface area (Å²) in [7, 11) is -3.70. The maximum atomic E-state index is 12.7. The number of carbonyl (C=O) groups is 1. The van der Waals surface area contributed by atoms with Crippen LogP contribution in [0.25, 0.3) is 0 Å². The maximum Gasteiger partial charge on any atom is 0.261 e. The second kappa shape index (κ2) is 7.72. The zero-order valence-corrected chi connectivity index (χ0v) is 16.8. The fourth-order valence-corrected chi connectivity index (χ4v) is 4.50. The number of amides is 1. The molecule has 0 radical (unpaired) electrons. The molecule has 3 rings (SSSR count). The van der Waals surface area contributed by atoms with Crippen LogP contribution in [0.1, 0.15) is 41.3 Å². The van der Waals surface area contributed by atoms with Crippen molar-refractivity contribution in [3.8, 4) is 0 Å². The first-order chi connectivity index (χ1) is 12.8. The summed E-state index contributed by atoms with van der Waals surface area (Å²) in [4.78, 5) is 14.6. The van der Waals surface area contributed by atoms with Crippen LogP contribution in [0.5, 0.6) is 0 Å². The predicted molar refractivity (Wildman–Crippen MR) is 107 cm³/mol. The molecule has 6 heteroatoms. The van der Waals surface area contributed by atoms with Gasteiger partial charge in [0.05, 0.1) is 10.6 Å². The quantitative estimate of drug-likeness (QED) is 0.864. The monoisotopic (exact) mass is 386 g/mol. The molecule has 1 amide bonds. The van der Waals surface area contributed by atoms with E-state index in [1.165, 1.54) is 12.1 Å². The number of piperidine rings is 1. The fraction of sp³-hybridized carbons (Fsp3) is 0.381. The van der Waals surface area contributed by atoms with Crippen molar-refractivity contribution in [1.29, 1.82) is 0 Å². The van der Waals surface area contributed by atoms with Gasteiger partial charge in [-0.25, -0.2) is 8.42 Å². The Kier molecular flexibility index (Phi) is 5.56. The summed E-state index contributed by atoms with van der Waals surface area (Å²) < 4.78 is 28.0. The van der Waals surface area contributed by atoms with Gasteiger partial charge in [0.15, 0.2) is 0 Å². The molecule has 2 aromatic rings. The second-order valence-electron chi connectivity index (χ2n) is 7.45. The number of likely N-dealkylation sites (tertiary alicyclic amines) is 1. The lowest BCUT2D eigenvalue weighted by Crippen LogP contribution is -2.39. The van der Waals surface area contributed by atoms with Crippen LogP contribution in [0.15, 0.2) is 47.4 Å². The molecule has 1 atom stereocenters. The summed E-state index contributed by atoms with van der Waals surface area (Å²) in [6.45, 7) is 7.44. The molecule has 0 aromatic heterocycles. The van der Waals surface area contributed by atoms with E-state index in [0.717, 1.165) is 37.1 Å². The number of benzene rings is 2. The van der Waals surface area contributed by atoms with Crippen molar-refractivity contribution >= 4 is 21.6 Å². The van der Waals surface area contributed by atoms with Crippen LogP contribution in [-0.2, 0) is 10.0 Å². The summed E-state index contributed by atoms with van der Waals surface area (Å²) in [6.07, 6.45) is 2.16. The second-order valence-corrected chi connectivity index (χ2v) is 9.13. The Balaban J connectivity index is 1.77. The highest BCUT2D eigenvalue weighted by atomic mass is 32.2. The van der Waals surface area contributed by atoms with Gasteiger partial charge < -0.3 is 4.90 Å². The number of sulfonamides is 1. The Labute approximate surface area is 161 Å². The third-order valence-corrected chi connectivity index (χ3v) is 6.37. The van der Waals surface area contributed by atoms with E-state index >= 15 is 0 Å². The van der Waals surface area contributed by atoms with Gasteiger partial charge in [-0.15, -0.1) is 0 Å². The van der Waals surface area contributed by atoms with Crippen LogP contribution in [0.2, 0.25) is 0 Å². The number of anilines is 1. The zero-order valence-electron chi connectivity index (χ0n) is 16.0. The smallest absolute Gasteiger partial charge is 0.261 e. The molecule has 144 valence electrons. The fourth-order valence-electron chi connectivity index (χ4n) is 3.38. The Bertz CT molecular complexity index is 936. The molecule has 1 aliphatic rings. The highest BCUT2D eigenvalue weighted by molar-refractivity contribution is 7.92. The van der Waals surface area contributed by atoms with Gasteiger partial charge in [-0.05, 0) is 74.1 Å². The zero-order chi connectivity index (χ0) is 19.6. The van der Waals surface area contributed by atoms with Crippen molar-refractivity contribution in [2.45, 2.75) is 38.5 Å². The van der Waals surface area contributed by atoms with E-state index in [1.54, 1.807) is 12.1 Å². The first-order valence-corrected chi connectivity index (χ1v) is 10.7. The van der Waals surface area contributed by atoms with Gasteiger partial charge in [0.25, 0.3) is 15.9 Å². The van der Waals surface area contributed by atoms with Crippen LogP contribution >= 0.6 is 0 Å². The highest BCUT2D eigenvalue weighted by Crippen LogP contribution is 2.22. The lowest BCUT2D eigenvalue weighted by Gasteiger charge is -2.31. The minimum atomic E-state index is -3.70. The summed E-state index contributed by atoms with van der Waals surface area (Å²) in [5, 5.41) is 0. The minimum absolute atomic E-state index is 0.0343. The number of hydrogen-bond acceptors (Lipinski definition) is 3. The Hall–Kier alpha value is -2.34. The van der Waals surface area contributed by atoms with Crippen LogP contribution in [-0.4, -0.2) is 32.3 Å². The minimum Gasteiger partial charge on any atom is -0.338 e. The molecule has 1 saturated heterocycles. The number of rotatable bonds is 4. The third-order valence-electron chi connectivity index (χ3n) is 4.99. The first-order valence-electron chi connectivity index (χ1n) is 9.26. The van der Waals surface area contributed by atoms with E-state index in [-0.39, 0.29) is 10.8 Å². The van der Waals surface area contributed by atoms with E-state index < -0.39 is 10.0 Å². The van der Waals surface area contributed by atoms with Crippen molar-refractivity contribution in [1.82, 2.24) is 4.90 Å². The molecule has 0 bridgehead atoms. The molecule has 1 aliphatic heterocycles. The van der Waals surface area contributed by atoms with Crippen molar-refractivity contribution in [2.75, 3.05) is 17.8 Å². The van der Waals surface area contributed by atoms with Crippen LogP contribution < -0.4 is 4.72 Å². The van der Waals surface area contributed by atoms with Gasteiger partial charge in [-0.2, -0.15) is 0 Å². The molecule has 0 aliphatic carbocycles. The molecule has 1 fully saturated rings. The highest BCUT2D eigenvalue weighted by Gasteiger charge is 2.23. The van der Waals surface area contributed by atoms with Gasteiger partial charge >= 0.3 is 0 Å². The van der Waals surface area contributed by atoms with E-state index in [1.807, 2.05) is 36.9 Å². The van der Waals surface area contributed by atoms with E-state index in [4.69, 9.17) is 0 Å². The topological polar surface area (TPSA) is 66.5 Å². The average molecular weight is 387 g/mol. The number of nitrogens with zero attached hydrogens (tertiary/aromatic N) is 1. The van der Waals surface area contributed by atoms with E-state index in [0.29, 0.717) is 17.2 Å². The Morgan fingerprint density at radius 3 is 2.48 bits per heavy atom. The average Bonchev–Trinajstić information content (AvgIpc) is 2.64. The van der Waals surface area contributed by atoms with Crippen molar-refractivity contribution in [2.24, 2.45) is 5.92 Å². The van der Waals surface area contributed by atoms with Gasteiger partial charge in [0.2, 0.25) is 0 Å². The molecule has 0 spiro atoms. The summed E-state index contributed by atoms with van der Waals surface area (Å²) in [5.74, 6) is 0.470. The van der Waals surface area contributed by atoms with E-state index in [2.05, 4.69) is 11.6 Å². The molecule has 27 heavy (non-hydrogen) atoms. The maximum absolute atomic E-state index is 12.7. The molecule has 1 heterocycles. The van der Waals surface area contributed by atoms with Crippen LogP contribution in [0.4, 0.5) is 5.69 Å². The Morgan fingerprint density at radius 1 is 1.11 bits per heavy atom. The number of nitrogens with one attached hydrogen (secondary N) is 1. The lowest BCUT2D eigenvalue weighted by molar-refractivity contribution is 0.0683. The van der Waals surface area contributed by atoms with Gasteiger partial charge in [0, 0.05) is 18.7 Å². The predicted octanol–water partition coefficient (Wildman–Crippen LogP) is 3.98. The summed E-state index contributed by atoms with van der Waals surface area (Å²) in [6, 6.07) is 11.8. The normalized spacial score (nSPS) is 17.6. The third kappa shape index (κ3) is 4.50. The van der Waals surface area contributed by atoms with E-state index in [9.17, 15) is 13.2 Å². The molecular formula is C21H26N2O3S. The van der Waals surface area contributed by atoms with Crippen LogP contribution in [0.3, 0.4) is 0 Å². The summed E-state index contributed by atoms with van der Waals surface area (Å²) >= 11 is 0. The molecule has 1 N–H and O–H groups in total. The lowest BCUT2D eigenvalue weighted by atomic mass is 9.99. The SMILES string of the molecule is Cc1ccc(C)c(NS(=O)(=O)c2ccc(C(=O)N3CCCC(C)C3)cc2)c1. The Morgan fingerprint density at radius 2 is 1.81 bits per heavy atom. The first kappa shape index (κ1) is 19.4. The number of hydrogen-bond donors (Lipinski definition) is 1. The molecule has 1 unspecified atom stereocenters. The molecule has 5 nitrogen and oxygen atoms in total. The van der Waals surface area contributed by atoms with Crippen molar-refractivity contribution in [3.63, 3.8) is 0 Å². The molecular weight excluding hydrogens is 360 g/mol.